The fourth-order valence-corrected chi connectivity index (χ4v) is 3.43. The van der Waals surface area contributed by atoms with Crippen molar-refractivity contribution in [2.75, 3.05) is 0 Å². The molecule has 0 aromatic rings. The predicted octanol–water partition coefficient (Wildman–Crippen LogP) is 3.51. The number of aliphatic imine (C=N–C) groups is 1. The highest BCUT2D eigenvalue weighted by Gasteiger charge is 2.43. The zero-order valence-corrected chi connectivity index (χ0v) is 13.7. The van der Waals surface area contributed by atoms with Crippen LogP contribution in [0, 0.1) is 0 Å². The molecular formula is C17H31N3O. The molecule has 0 aromatic heterocycles. The molecule has 4 heteroatoms. The number of nitrogens with zero attached hydrogens (tertiary/aromatic N) is 1. The van der Waals surface area contributed by atoms with Gasteiger partial charge in [0.25, 0.3) is 5.91 Å². The Balaban J connectivity index is 2.02. The van der Waals surface area contributed by atoms with Gasteiger partial charge in [-0.05, 0) is 26.7 Å². The molecule has 0 atom stereocenters. The van der Waals surface area contributed by atoms with Crippen LogP contribution in [-0.2, 0) is 4.79 Å². The van der Waals surface area contributed by atoms with Crippen LogP contribution in [0.25, 0.3) is 0 Å². The average Bonchev–Trinajstić information content (AvgIpc) is 2.69. The van der Waals surface area contributed by atoms with Gasteiger partial charge in [0.05, 0.1) is 0 Å². The van der Waals surface area contributed by atoms with Crippen molar-refractivity contribution in [3.8, 4) is 0 Å². The molecule has 0 radical (unpaired) electrons. The molecule has 0 bridgehead atoms. The Morgan fingerprint density at radius 2 is 1.38 bits per heavy atom. The van der Waals surface area contributed by atoms with Crippen LogP contribution in [0.4, 0.5) is 0 Å². The summed E-state index contributed by atoms with van der Waals surface area (Å²) in [5, 5.41) is 6.39. The Bertz CT molecular complexity index is 364. The quantitative estimate of drug-likeness (QED) is 0.777. The van der Waals surface area contributed by atoms with Gasteiger partial charge >= 0.3 is 0 Å². The lowest BCUT2D eigenvalue weighted by molar-refractivity contribution is -0.124. The fourth-order valence-electron chi connectivity index (χ4n) is 3.43. The van der Waals surface area contributed by atoms with Gasteiger partial charge in [-0.15, -0.1) is 0 Å². The minimum absolute atomic E-state index is 0.138. The topological polar surface area (TPSA) is 53.5 Å². The Hall–Kier alpha value is -1.06. The smallest absolute Gasteiger partial charge is 0.252 e. The summed E-state index contributed by atoms with van der Waals surface area (Å²) in [7, 11) is 0. The molecule has 1 spiro atoms. The number of nitrogens with one attached hydrogen (secondary N) is 2. The minimum atomic E-state index is -0.396. The van der Waals surface area contributed by atoms with Crippen molar-refractivity contribution in [1.29, 1.82) is 0 Å². The SMILES string of the molecule is CC(C)N=C1NC(=O)C2(CCCCCCCCCCC2)N1. The number of carbonyl (C=O) groups excluding carboxylic acids is 1. The second-order valence-corrected chi connectivity index (χ2v) is 6.91. The van der Waals surface area contributed by atoms with Crippen LogP contribution in [0.15, 0.2) is 4.99 Å². The van der Waals surface area contributed by atoms with Gasteiger partial charge in [-0.25, -0.2) is 0 Å². The number of carbonyl (C=O) groups is 1. The number of amides is 1. The highest BCUT2D eigenvalue weighted by molar-refractivity contribution is 6.09. The first kappa shape index (κ1) is 16.3. The molecule has 1 heterocycles. The van der Waals surface area contributed by atoms with Crippen molar-refractivity contribution in [3.05, 3.63) is 0 Å². The molecule has 2 aliphatic rings. The van der Waals surface area contributed by atoms with Gasteiger partial charge in [0.1, 0.15) is 5.54 Å². The number of hydrogen-bond donors (Lipinski definition) is 2. The zero-order chi connectivity index (χ0) is 15.1. The summed E-state index contributed by atoms with van der Waals surface area (Å²) >= 11 is 0. The van der Waals surface area contributed by atoms with Crippen molar-refractivity contribution in [2.45, 2.75) is 96.1 Å². The number of guanidine groups is 1. The van der Waals surface area contributed by atoms with E-state index in [0.29, 0.717) is 5.96 Å². The van der Waals surface area contributed by atoms with Gasteiger partial charge in [-0.1, -0.05) is 57.8 Å². The van der Waals surface area contributed by atoms with Crippen molar-refractivity contribution in [1.82, 2.24) is 10.6 Å². The Morgan fingerprint density at radius 3 is 1.86 bits per heavy atom. The highest BCUT2D eigenvalue weighted by atomic mass is 16.2. The zero-order valence-electron chi connectivity index (χ0n) is 13.7. The first-order valence-corrected chi connectivity index (χ1v) is 8.80. The largest absolute Gasteiger partial charge is 0.342 e. The Morgan fingerprint density at radius 1 is 0.905 bits per heavy atom. The highest BCUT2D eigenvalue weighted by Crippen LogP contribution is 2.27. The molecule has 120 valence electrons. The van der Waals surface area contributed by atoms with E-state index in [4.69, 9.17) is 0 Å². The molecule has 2 N–H and O–H groups in total. The summed E-state index contributed by atoms with van der Waals surface area (Å²) < 4.78 is 0. The molecule has 1 saturated carbocycles. The summed E-state index contributed by atoms with van der Waals surface area (Å²) in [5.41, 5.74) is -0.396. The van der Waals surface area contributed by atoms with Gasteiger partial charge in [-0.3, -0.25) is 15.1 Å². The van der Waals surface area contributed by atoms with E-state index in [9.17, 15) is 4.79 Å². The molecule has 1 aliphatic heterocycles. The lowest BCUT2D eigenvalue weighted by Gasteiger charge is -2.27. The molecule has 1 amide bonds. The molecule has 0 unspecified atom stereocenters. The third-order valence-electron chi connectivity index (χ3n) is 4.62. The molecule has 2 fully saturated rings. The van der Waals surface area contributed by atoms with Gasteiger partial charge in [0.15, 0.2) is 5.96 Å². The molecular weight excluding hydrogens is 262 g/mol. The minimum Gasteiger partial charge on any atom is -0.342 e. The maximum Gasteiger partial charge on any atom is 0.252 e. The first-order valence-electron chi connectivity index (χ1n) is 8.80. The van der Waals surface area contributed by atoms with Gasteiger partial charge < -0.3 is 5.32 Å². The number of rotatable bonds is 1. The first-order chi connectivity index (χ1) is 10.1. The standard InChI is InChI=1S/C17H31N3O/c1-14(2)18-16-19-15(21)17(20-16)12-10-8-6-4-3-5-7-9-11-13-17/h14H,3-13H2,1-2H3,(H2,18,19,20,21). The monoisotopic (exact) mass is 293 g/mol. The fraction of sp³-hybridized carbons (Fsp3) is 0.882. The van der Waals surface area contributed by atoms with Crippen LogP contribution < -0.4 is 10.6 Å². The summed E-state index contributed by atoms with van der Waals surface area (Å²) in [6.45, 7) is 4.07. The van der Waals surface area contributed by atoms with E-state index >= 15 is 0 Å². The molecule has 0 aromatic carbocycles. The third-order valence-corrected chi connectivity index (χ3v) is 4.62. The maximum absolute atomic E-state index is 12.5. The van der Waals surface area contributed by atoms with E-state index in [1.54, 1.807) is 0 Å². The molecule has 4 nitrogen and oxygen atoms in total. The molecule has 1 aliphatic carbocycles. The van der Waals surface area contributed by atoms with Crippen molar-refractivity contribution in [3.63, 3.8) is 0 Å². The van der Waals surface area contributed by atoms with Crippen molar-refractivity contribution < 1.29 is 4.79 Å². The average molecular weight is 293 g/mol. The van der Waals surface area contributed by atoms with Crippen LogP contribution in [0.1, 0.15) is 84.5 Å². The van der Waals surface area contributed by atoms with Crippen molar-refractivity contribution >= 4 is 11.9 Å². The van der Waals surface area contributed by atoms with Crippen LogP contribution in [0.5, 0.6) is 0 Å². The van der Waals surface area contributed by atoms with Crippen LogP contribution in [0.3, 0.4) is 0 Å². The number of hydrogen-bond acceptors (Lipinski definition) is 2. The van der Waals surface area contributed by atoms with E-state index in [0.717, 1.165) is 25.7 Å². The summed E-state index contributed by atoms with van der Waals surface area (Å²) in [6.07, 6.45) is 13.3. The Kier molecular flexibility index (Phi) is 6.07. The summed E-state index contributed by atoms with van der Waals surface area (Å²) in [4.78, 5) is 17.0. The van der Waals surface area contributed by atoms with E-state index in [-0.39, 0.29) is 11.9 Å². The van der Waals surface area contributed by atoms with E-state index in [2.05, 4.69) is 15.6 Å². The summed E-state index contributed by atoms with van der Waals surface area (Å²) in [6, 6.07) is 0.203. The van der Waals surface area contributed by atoms with E-state index < -0.39 is 5.54 Å². The van der Waals surface area contributed by atoms with Crippen LogP contribution >= 0.6 is 0 Å². The maximum atomic E-state index is 12.5. The van der Waals surface area contributed by atoms with E-state index in [1.807, 2.05) is 13.8 Å². The lowest BCUT2D eigenvalue weighted by Crippen LogP contribution is -2.47. The van der Waals surface area contributed by atoms with Gasteiger partial charge in [0, 0.05) is 6.04 Å². The Labute approximate surface area is 129 Å². The van der Waals surface area contributed by atoms with Crippen LogP contribution in [0.2, 0.25) is 0 Å². The summed E-state index contributed by atoms with van der Waals surface area (Å²) in [5.74, 6) is 0.820. The lowest BCUT2D eigenvalue weighted by atomic mass is 9.86. The van der Waals surface area contributed by atoms with Gasteiger partial charge in [0.2, 0.25) is 0 Å². The van der Waals surface area contributed by atoms with Gasteiger partial charge in [-0.2, -0.15) is 0 Å². The van der Waals surface area contributed by atoms with E-state index in [1.165, 1.54) is 44.9 Å². The molecule has 21 heavy (non-hydrogen) atoms. The third kappa shape index (κ3) is 4.72. The van der Waals surface area contributed by atoms with Crippen molar-refractivity contribution in [2.24, 2.45) is 4.99 Å². The molecule has 2 rings (SSSR count). The second kappa shape index (κ2) is 7.81. The van der Waals surface area contributed by atoms with Crippen LogP contribution in [-0.4, -0.2) is 23.4 Å². The predicted molar refractivity (Wildman–Crippen MR) is 87.4 cm³/mol. The second-order valence-electron chi connectivity index (χ2n) is 6.91. The molecule has 1 saturated heterocycles. The normalized spacial score (nSPS) is 26.2.